The molecule has 0 radical (unpaired) electrons. The normalized spacial score (nSPS) is 12.2. The summed E-state index contributed by atoms with van der Waals surface area (Å²) in [6.45, 7) is 10.8. The molecule has 1 unspecified atom stereocenters. The smallest absolute Gasteiger partial charge is 0.324 e. The fourth-order valence-electron chi connectivity index (χ4n) is 2.30. The van der Waals surface area contributed by atoms with Crippen molar-refractivity contribution in [2.24, 2.45) is 11.5 Å². The Morgan fingerprint density at radius 1 is 0.738 bits per heavy atom. The molecule has 2 aromatic rings. The topological polar surface area (TPSA) is 213 Å². The van der Waals surface area contributed by atoms with Crippen molar-refractivity contribution in [1.29, 1.82) is 0 Å². The highest BCUT2D eigenvalue weighted by Crippen LogP contribution is 2.22. The minimum atomic E-state index is -4.02. The first kappa shape index (κ1) is 39.3. The molecule has 12 nitrogen and oxygen atoms in total. The highest BCUT2D eigenvalue weighted by molar-refractivity contribution is 8.76. The fraction of sp³-hybridized carbons (Fsp3) is 0.308. The van der Waals surface area contributed by atoms with Gasteiger partial charge in [0.15, 0.2) is 0 Å². The third-order valence-corrected chi connectivity index (χ3v) is 8.72. The van der Waals surface area contributed by atoms with Crippen LogP contribution in [0.2, 0.25) is 0 Å². The van der Waals surface area contributed by atoms with E-state index < -0.39 is 44.3 Å². The monoisotopic (exact) mass is 664 g/mol. The number of aryl methyl sites for hydroxylation is 2. The van der Waals surface area contributed by atoms with Gasteiger partial charge in [0, 0.05) is 11.5 Å². The SMILES string of the molecule is C=CCOC(=O)C(N)CSSC[C@H](N)C(=O)OCC=C.Cc1ccc(S(=O)(=O)O)cc1.Cc1ccc(S(=O)(=O)O)cc1. The van der Waals surface area contributed by atoms with Crippen molar-refractivity contribution in [2.45, 2.75) is 35.7 Å². The molecule has 2 rings (SSSR count). The second-order valence-electron chi connectivity index (χ2n) is 8.20. The number of carbonyl (C=O) groups is 2. The lowest BCUT2D eigenvalue weighted by atomic mass is 10.2. The van der Waals surface area contributed by atoms with Crippen LogP contribution >= 0.6 is 21.6 Å². The average Bonchev–Trinajstić information content (AvgIpc) is 2.92. The zero-order valence-corrected chi connectivity index (χ0v) is 26.4. The minimum absolute atomic E-state index is 0.0666. The zero-order chi connectivity index (χ0) is 32.3. The molecular formula is C26H36N2O10S4. The van der Waals surface area contributed by atoms with Crippen molar-refractivity contribution < 1.29 is 45.0 Å². The molecule has 42 heavy (non-hydrogen) atoms. The Balaban J connectivity index is 0.000000645. The van der Waals surface area contributed by atoms with Crippen LogP contribution in [0.5, 0.6) is 0 Å². The number of hydrogen-bond donors (Lipinski definition) is 4. The second-order valence-corrected chi connectivity index (χ2v) is 13.6. The van der Waals surface area contributed by atoms with Crippen molar-refractivity contribution >= 4 is 53.8 Å². The summed E-state index contributed by atoms with van der Waals surface area (Å²) in [6.07, 6.45) is 2.95. The van der Waals surface area contributed by atoms with Gasteiger partial charge in [-0.25, -0.2) is 0 Å². The van der Waals surface area contributed by atoms with E-state index in [9.17, 15) is 26.4 Å². The Hall–Kier alpha value is -2.70. The van der Waals surface area contributed by atoms with Gasteiger partial charge in [0.25, 0.3) is 20.2 Å². The Bertz CT molecular complexity index is 1240. The first-order chi connectivity index (χ1) is 19.5. The quantitative estimate of drug-likeness (QED) is 0.0797. The van der Waals surface area contributed by atoms with Gasteiger partial charge in [-0.2, -0.15) is 16.8 Å². The van der Waals surface area contributed by atoms with Crippen LogP contribution in [-0.2, 0) is 39.3 Å². The highest BCUT2D eigenvalue weighted by atomic mass is 33.1. The predicted molar refractivity (Wildman–Crippen MR) is 165 cm³/mol. The molecule has 2 atom stereocenters. The van der Waals surface area contributed by atoms with Crippen molar-refractivity contribution in [3.05, 3.63) is 85.0 Å². The van der Waals surface area contributed by atoms with Crippen molar-refractivity contribution in [2.75, 3.05) is 24.7 Å². The van der Waals surface area contributed by atoms with E-state index in [0.29, 0.717) is 11.5 Å². The van der Waals surface area contributed by atoms with E-state index >= 15 is 0 Å². The molecule has 0 aromatic heterocycles. The maximum absolute atomic E-state index is 11.3. The maximum Gasteiger partial charge on any atom is 0.324 e. The molecular weight excluding hydrogens is 629 g/mol. The molecule has 0 bridgehead atoms. The van der Waals surface area contributed by atoms with Gasteiger partial charge in [0.2, 0.25) is 0 Å². The summed E-state index contributed by atoms with van der Waals surface area (Å²) in [5.74, 6) is -0.218. The van der Waals surface area contributed by atoms with E-state index in [1.54, 1.807) is 24.3 Å². The lowest BCUT2D eigenvalue weighted by Gasteiger charge is -2.11. The van der Waals surface area contributed by atoms with Crippen LogP contribution in [0.25, 0.3) is 0 Å². The van der Waals surface area contributed by atoms with Gasteiger partial charge in [-0.3, -0.25) is 18.7 Å². The van der Waals surface area contributed by atoms with Gasteiger partial charge < -0.3 is 20.9 Å². The Labute approximate surface area is 254 Å². The Morgan fingerprint density at radius 2 is 1.02 bits per heavy atom. The van der Waals surface area contributed by atoms with E-state index in [4.69, 9.17) is 30.0 Å². The summed E-state index contributed by atoms with van der Waals surface area (Å²) in [5.41, 5.74) is 13.2. The molecule has 0 saturated carbocycles. The molecule has 0 aliphatic carbocycles. The molecule has 0 fully saturated rings. The Morgan fingerprint density at radius 3 is 1.26 bits per heavy atom. The standard InChI is InChI=1S/C12H20N2O4S2.2C7H8O3S/c1-3-5-17-11(15)9(13)7-19-20-8-10(14)12(16)18-6-4-2;2*1-6-2-4-7(5-3-6)11(8,9)10/h3-4,9-10H,1-2,5-8,13-14H2;2*2-5H,1H3,(H,8,9,10)/t9-,10?;;/m0../s1. The first-order valence-corrected chi connectivity index (χ1v) is 17.3. The zero-order valence-electron chi connectivity index (χ0n) is 23.1. The number of esters is 2. The number of nitrogens with two attached hydrogens (primary N) is 2. The van der Waals surface area contributed by atoms with E-state index in [1.165, 1.54) is 58.0 Å². The fourth-order valence-corrected chi connectivity index (χ4v) is 5.47. The van der Waals surface area contributed by atoms with Gasteiger partial charge in [-0.1, -0.05) is 82.3 Å². The number of hydrogen-bond acceptors (Lipinski definition) is 12. The van der Waals surface area contributed by atoms with E-state index in [1.807, 2.05) is 13.8 Å². The molecule has 0 saturated heterocycles. The molecule has 0 aliphatic rings. The number of carbonyl (C=O) groups excluding carboxylic acids is 2. The van der Waals surface area contributed by atoms with Crippen LogP contribution in [0, 0.1) is 13.8 Å². The number of ether oxygens (including phenoxy) is 2. The van der Waals surface area contributed by atoms with Gasteiger partial charge >= 0.3 is 11.9 Å². The van der Waals surface area contributed by atoms with Gasteiger partial charge in [-0.15, -0.1) is 0 Å². The third kappa shape index (κ3) is 18.0. The van der Waals surface area contributed by atoms with Crippen LogP contribution in [0.15, 0.2) is 83.6 Å². The molecule has 0 amide bonds. The average molecular weight is 665 g/mol. The Kier molecular flexibility index (Phi) is 18.9. The summed E-state index contributed by atoms with van der Waals surface area (Å²) in [7, 11) is -5.34. The lowest BCUT2D eigenvalue weighted by Crippen LogP contribution is -2.35. The largest absolute Gasteiger partial charge is 0.460 e. The molecule has 2 aromatic carbocycles. The molecule has 16 heteroatoms. The van der Waals surface area contributed by atoms with E-state index in [-0.39, 0.29) is 23.0 Å². The summed E-state index contributed by atoms with van der Waals surface area (Å²) >= 11 is 0. The van der Waals surface area contributed by atoms with E-state index in [2.05, 4.69) is 13.2 Å². The number of benzene rings is 2. The van der Waals surface area contributed by atoms with Crippen LogP contribution in [0.1, 0.15) is 11.1 Å². The number of rotatable bonds is 13. The van der Waals surface area contributed by atoms with Gasteiger partial charge in [0.1, 0.15) is 25.3 Å². The van der Waals surface area contributed by atoms with Gasteiger partial charge in [0.05, 0.1) is 9.79 Å². The van der Waals surface area contributed by atoms with Crippen LogP contribution in [0.3, 0.4) is 0 Å². The predicted octanol–water partition coefficient (Wildman–Crippen LogP) is 2.96. The second kappa shape index (κ2) is 20.2. The summed E-state index contributed by atoms with van der Waals surface area (Å²) in [4.78, 5) is 22.5. The molecule has 0 heterocycles. The first-order valence-electron chi connectivity index (χ1n) is 11.9. The maximum atomic E-state index is 11.3. The third-order valence-electron chi connectivity index (χ3n) is 4.51. The van der Waals surface area contributed by atoms with Crippen LogP contribution < -0.4 is 11.5 Å². The summed E-state index contributed by atoms with van der Waals surface area (Å²) < 4.78 is 68.7. The van der Waals surface area contributed by atoms with Crippen molar-refractivity contribution in [1.82, 2.24) is 0 Å². The summed E-state index contributed by atoms with van der Waals surface area (Å²) in [5, 5.41) is 0. The molecule has 0 aliphatic heterocycles. The van der Waals surface area contributed by atoms with Crippen LogP contribution in [-0.4, -0.2) is 74.7 Å². The van der Waals surface area contributed by atoms with E-state index in [0.717, 1.165) is 11.1 Å². The highest BCUT2D eigenvalue weighted by Gasteiger charge is 2.17. The van der Waals surface area contributed by atoms with Gasteiger partial charge in [-0.05, 0) is 38.1 Å². The minimum Gasteiger partial charge on any atom is -0.460 e. The van der Waals surface area contributed by atoms with Crippen LogP contribution in [0.4, 0.5) is 0 Å². The summed E-state index contributed by atoms with van der Waals surface area (Å²) in [6, 6.07) is 10.6. The van der Waals surface area contributed by atoms with Crippen molar-refractivity contribution in [3.63, 3.8) is 0 Å². The molecule has 6 N–H and O–H groups in total. The lowest BCUT2D eigenvalue weighted by molar-refractivity contribution is -0.144. The molecule has 234 valence electrons. The molecule has 0 spiro atoms. The van der Waals surface area contributed by atoms with Crippen molar-refractivity contribution in [3.8, 4) is 0 Å².